The first-order valence-corrected chi connectivity index (χ1v) is 4.59. The lowest BCUT2D eigenvalue weighted by atomic mass is 10.3. The van der Waals surface area contributed by atoms with E-state index in [1.54, 1.807) is 6.92 Å². The molecule has 0 aliphatic rings. The second-order valence-corrected chi connectivity index (χ2v) is 2.73. The van der Waals surface area contributed by atoms with Crippen LogP contribution in [0.15, 0.2) is 12.2 Å². The first-order valence-electron chi connectivity index (χ1n) is 4.59. The molecule has 86 valence electrons. The van der Waals surface area contributed by atoms with E-state index in [2.05, 4.69) is 10.1 Å². The van der Waals surface area contributed by atoms with Gasteiger partial charge in [-0.2, -0.15) is 0 Å². The molecule has 0 aromatic rings. The third kappa shape index (κ3) is 7.65. The van der Waals surface area contributed by atoms with Gasteiger partial charge in [0.1, 0.15) is 6.10 Å². The first kappa shape index (κ1) is 13.6. The van der Waals surface area contributed by atoms with Crippen molar-refractivity contribution in [2.45, 2.75) is 13.0 Å². The summed E-state index contributed by atoms with van der Waals surface area (Å²) in [4.78, 5) is 21.2. The van der Waals surface area contributed by atoms with Crippen molar-refractivity contribution in [1.82, 2.24) is 5.32 Å². The molecule has 6 heteroatoms. The molecule has 0 spiro atoms. The molecule has 0 aromatic heterocycles. The van der Waals surface area contributed by atoms with Crippen LogP contribution in [-0.2, 0) is 14.3 Å². The van der Waals surface area contributed by atoms with Crippen molar-refractivity contribution in [3.8, 4) is 0 Å². The number of aliphatic hydroxyl groups is 1. The summed E-state index contributed by atoms with van der Waals surface area (Å²) in [5.74, 6) is -1.20. The minimum atomic E-state index is -1.21. The fourth-order valence-corrected chi connectivity index (χ4v) is 0.749. The molecule has 6 nitrogen and oxygen atoms in total. The topological polar surface area (TPSA) is 102 Å². The van der Waals surface area contributed by atoms with Crippen LogP contribution in [0.25, 0.3) is 0 Å². The van der Waals surface area contributed by atoms with E-state index in [9.17, 15) is 9.59 Å². The number of ether oxygens (including phenoxy) is 1. The minimum Gasteiger partial charge on any atom is -0.463 e. The van der Waals surface area contributed by atoms with Crippen LogP contribution in [0, 0.1) is 0 Å². The summed E-state index contributed by atoms with van der Waals surface area (Å²) >= 11 is 0. The Morgan fingerprint density at radius 2 is 2.27 bits per heavy atom. The largest absolute Gasteiger partial charge is 0.463 e. The summed E-state index contributed by atoms with van der Waals surface area (Å²) in [6.07, 6.45) is 1.60. The molecule has 0 radical (unpaired) electrons. The lowest BCUT2D eigenvalue weighted by molar-refractivity contribution is -0.137. The van der Waals surface area contributed by atoms with Crippen molar-refractivity contribution in [2.75, 3.05) is 19.7 Å². The van der Waals surface area contributed by atoms with E-state index in [0.29, 0.717) is 13.2 Å². The Hall–Kier alpha value is -1.40. The molecular weight excluding hydrogens is 200 g/mol. The van der Waals surface area contributed by atoms with Gasteiger partial charge in [0, 0.05) is 19.2 Å². The van der Waals surface area contributed by atoms with Gasteiger partial charge < -0.3 is 20.9 Å². The predicted molar refractivity (Wildman–Crippen MR) is 53.8 cm³/mol. The smallest absolute Gasteiger partial charge is 0.330 e. The molecule has 4 N–H and O–H groups in total. The summed E-state index contributed by atoms with van der Waals surface area (Å²) in [6, 6.07) is 0. The standard InChI is InChI=1S/C9H16N2O4/c1-2-15-8(13)4-3-5-11-6-7(12)9(10)14/h3-4,7,11-12H,2,5-6H2,1H3,(H2,10,14)/b4-3+. The summed E-state index contributed by atoms with van der Waals surface area (Å²) in [7, 11) is 0. The van der Waals surface area contributed by atoms with Crippen molar-refractivity contribution >= 4 is 11.9 Å². The maximum atomic E-state index is 10.8. The average Bonchev–Trinajstić information content (AvgIpc) is 2.17. The molecule has 0 saturated heterocycles. The van der Waals surface area contributed by atoms with Crippen molar-refractivity contribution in [3.05, 3.63) is 12.2 Å². The van der Waals surface area contributed by atoms with Crippen molar-refractivity contribution in [1.29, 1.82) is 0 Å². The summed E-state index contributed by atoms with van der Waals surface area (Å²) in [5, 5.41) is 11.7. The molecule has 1 unspecified atom stereocenters. The van der Waals surface area contributed by atoms with E-state index in [-0.39, 0.29) is 6.54 Å². The van der Waals surface area contributed by atoms with Gasteiger partial charge in [0.25, 0.3) is 0 Å². The van der Waals surface area contributed by atoms with E-state index in [1.807, 2.05) is 0 Å². The fourth-order valence-electron chi connectivity index (χ4n) is 0.749. The molecule has 15 heavy (non-hydrogen) atoms. The van der Waals surface area contributed by atoms with Crippen molar-refractivity contribution in [2.24, 2.45) is 5.73 Å². The van der Waals surface area contributed by atoms with Crippen LogP contribution in [-0.4, -0.2) is 42.8 Å². The molecule has 0 aliphatic carbocycles. The van der Waals surface area contributed by atoms with Crippen LogP contribution < -0.4 is 11.1 Å². The van der Waals surface area contributed by atoms with Gasteiger partial charge >= 0.3 is 5.97 Å². The molecule has 0 aliphatic heterocycles. The third-order valence-corrected chi connectivity index (χ3v) is 1.47. The number of carbonyl (C=O) groups excluding carboxylic acids is 2. The zero-order chi connectivity index (χ0) is 11.7. The third-order valence-electron chi connectivity index (χ3n) is 1.47. The molecule has 1 atom stereocenters. The second-order valence-electron chi connectivity index (χ2n) is 2.73. The number of hydrogen-bond acceptors (Lipinski definition) is 5. The molecule has 0 heterocycles. The number of rotatable bonds is 7. The summed E-state index contributed by atoms with van der Waals surface area (Å²) in [5.41, 5.74) is 4.82. The molecule has 0 saturated carbocycles. The van der Waals surface area contributed by atoms with Gasteiger partial charge in [-0.3, -0.25) is 4.79 Å². The number of aliphatic hydroxyl groups excluding tert-OH is 1. The van der Waals surface area contributed by atoms with E-state index in [4.69, 9.17) is 10.8 Å². The van der Waals surface area contributed by atoms with Crippen LogP contribution >= 0.6 is 0 Å². The number of esters is 1. The van der Waals surface area contributed by atoms with Crippen LogP contribution in [0.3, 0.4) is 0 Å². The SMILES string of the molecule is CCOC(=O)/C=C/CNCC(O)C(N)=O. The number of nitrogens with one attached hydrogen (secondary N) is 1. The van der Waals surface area contributed by atoms with E-state index >= 15 is 0 Å². The summed E-state index contributed by atoms with van der Waals surface area (Å²) in [6.45, 7) is 2.45. The van der Waals surface area contributed by atoms with E-state index < -0.39 is 18.0 Å². The van der Waals surface area contributed by atoms with Crippen molar-refractivity contribution < 1.29 is 19.4 Å². The zero-order valence-electron chi connectivity index (χ0n) is 8.60. The zero-order valence-corrected chi connectivity index (χ0v) is 8.60. The van der Waals surface area contributed by atoms with Gasteiger partial charge in [-0.15, -0.1) is 0 Å². The lowest BCUT2D eigenvalue weighted by Gasteiger charge is -2.05. The number of nitrogens with two attached hydrogens (primary N) is 1. The molecule has 1 amide bonds. The molecule has 0 aromatic carbocycles. The Labute approximate surface area is 88.1 Å². The van der Waals surface area contributed by atoms with Gasteiger partial charge in [0.05, 0.1) is 6.61 Å². The Morgan fingerprint density at radius 3 is 2.80 bits per heavy atom. The highest BCUT2D eigenvalue weighted by Crippen LogP contribution is 1.81. The first-order chi connectivity index (χ1) is 7.07. The lowest BCUT2D eigenvalue weighted by Crippen LogP contribution is -2.37. The molecular formula is C9H16N2O4. The van der Waals surface area contributed by atoms with Crippen LogP contribution in [0.4, 0.5) is 0 Å². The predicted octanol–water partition coefficient (Wildman–Crippen LogP) is -1.46. The quantitative estimate of drug-likeness (QED) is 0.274. The van der Waals surface area contributed by atoms with Gasteiger partial charge in [-0.1, -0.05) is 6.08 Å². The maximum absolute atomic E-state index is 10.8. The Kier molecular flexibility index (Phi) is 7.21. The Balaban J connectivity index is 3.53. The highest BCUT2D eigenvalue weighted by Gasteiger charge is 2.08. The van der Waals surface area contributed by atoms with Crippen LogP contribution in [0.2, 0.25) is 0 Å². The normalized spacial score (nSPS) is 12.7. The fraction of sp³-hybridized carbons (Fsp3) is 0.556. The van der Waals surface area contributed by atoms with E-state index in [0.717, 1.165) is 0 Å². The number of carbonyl (C=O) groups is 2. The molecule has 0 fully saturated rings. The highest BCUT2D eigenvalue weighted by atomic mass is 16.5. The van der Waals surface area contributed by atoms with Gasteiger partial charge in [0.15, 0.2) is 0 Å². The van der Waals surface area contributed by atoms with Crippen LogP contribution in [0.5, 0.6) is 0 Å². The van der Waals surface area contributed by atoms with Gasteiger partial charge in [-0.25, -0.2) is 4.79 Å². The van der Waals surface area contributed by atoms with Gasteiger partial charge in [-0.05, 0) is 6.92 Å². The molecule has 0 rings (SSSR count). The molecule has 0 bridgehead atoms. The average molecular weight is 216 g/mol. The Morgan fingerprint density at radius 1 is 1.60 bits per heavy atom. The van der Waals surface area contributed by atoms with E-state index in [1.165, 1.54) is 12.2 Å². The maximum Gasteiger partial charge on any atom is 0.330 e. The summed E-state index contributed by atoms with van der Waals surface area (Å²) < 4.78 is 4.63. The van der Waals surface area contributed by atoms with Crippen LogP contribution in [0.1, 0.15) is 6.92 Å². The Bertz CT molecular complexity index is 240. The second kappa shape index (κ2) is 7.95. The van der Waals surface area contributed by atoms with Crippen molar-refractivity contribution in [3.63, 3.8) is 0 Å². The number of primary amides is 1. The van der Waals surface area contributed by atoms with Gasteiger partial charge in [0.2, 0.25) is 5.91 Å². The highest BCUT2D eigenvalue weighted by molar-refractivity contribution is 5.81. The number of amides is 1. The number of hydrogen-bond donors (Lipinski definition) is 3. The minimum absolute atomic E-state index is 0.0580. The monoisotopic (exact) mass is 216 g/mol.